The van der Waals surface area contributed by atoms with Gasteiger partial charge >= 0.3 is 0 Å². The maximum atomic E-state index is 13.5. The minimum atomic E-state index is -3.52. The first kappa shape index (κ1) is 14.1. The van der Waals surface area contributed by atoms with Crippen LogP contribution >= 0.6 is 0 Å². The number of aliphatic hydroxyl groups is 1. The van der Waals surface area contributed by atoms with Crippen molar-refractivity contribution in [2.45, 2.75) is 18.2 Å². The molecular weight excluding hydrogens is 245 g/mol. The predicted molar refractivity (Wildman–Crippen MR) is 63.7 cm³/mol. The molecule has 0 heterocycles. The third-order valence-corrected chi connectivity index (χ3v) is 4.88. The molecule has 17 heavy (non-hydrogen) atoms. The molecule has 2 atom stereocenters. The van der Waals surface area contributed by atoms with Gasteiger partial charge in [-0.15, -0.1) is 0 Å². The van der Waals surface area contributed by atoms with Crippen LogP contribution in [-0.4, -0.2) is 31.1 Å². The van der Waals surface area contributed by atoms with Crippen molar-refractivity contribution in [3.63, 3.8) is 0 Å². The first-order valence-corrected chi connectivity index (χ1v) is 6.98. The maximum Gasteiger partial charge on any atom is 0.157 e. The minimum absolute atomic E-state index is 0.101. The lowest BCUT2D eigenvalue weighted by Crippen LogP contribution is -2.38. The summed E-state index contributed by atoms with van der Waals surface area (Å²) in [7, 11) is -3.52. The van der Waals surface area contributed by atoms with Gasteiger partial charge in [-0.1, -0.05) is 25.1 Å². The van der Waals surface area contributed by atoms with Gasteiger partial charge in [0.25, 0.3) is 0 Å². The van der Waals surface area contributed by atoms with Crippen LogP contribution in [-0.2, 0) is 9.84 Å². The second-order valence-electron chi connectivity index (χ2n) is 3.72. The molecule has 0 saturated heterocycles. The Bertz CT molecular complexity index is 475. The van der Waals surface area contributed by atoms with Crippen LogP contribution in [0.15, 0.2) is 24.3 Å². The van der Waals surface area contributed by atoms with E-state index in [1.54, 1.807) is 6.07 Å². The lowest BCUT2D eigenvalue weighted by molar-refractivity contribution is 0.276. The van der Waals surface area contributed by atoms with Gasteiger partial charge < -0.3 is 10.8 Å². The standard InChI is InChI=1S/C11H16FNO3S/c1-2-17(15,16)10(7-14)11(13)8-5-3-4-6-9(8)12/h3-6,10-11,14H,2,7,13H2,1H3/t10-,11+/m1/s1. The molecule has 0 radical (unpaired) electrons. The van der Waals surface area contributed by atoms with Crippen LogP contribution in [0.1, 0.15) is 18.5 Å². The molecular formula is C11H16FNO3S. The Morgan fingerprint density at radius 3 is 2.47 bits per heavy atom. The van der Waals surface area contributed by atoms with E-state index in [9.17, 15) is 12.8 Å². The second kappa shape index (κ2) is 5.57. The van der Waals surface area contributed by atoms with E-state index in [1.165, 1.54) is 25.1 Å². The van der Waals surface area contributed by atoms with Crippen molar-refractivity contribution in [2.75, 3.05) is 12.4 Å². The molecule has 0 bridgehead atoms. The first-order valence-electron chi connectivity index (χ1n) is 5.26. The van der Waals surface area contributed by atoms with Crippen molar-refractivity contribution >= 4 is 9.84 Å². The molecule has 0 saturated carbocycles. The van der Waals surface area contributed by atoms with E-state index < -0.39 is 33.6 Å². The maximum absolute atomic E-state index is 13.5. The Morgan fingerprint density at radius 2 is 2.00 bits per heavy atom. The van der Waals surface area contributed by atoms with Gasteiger partial charge in [-0.25, -0.2) is 12.8 Å². The molecule has 0 aliphatic heterocycles. The molecule has 0 unspecified atom stereocenters. The summed E-state index contributed by atoms with van der Waals surface area (Å²) in [6.45, 7) is 0.845. The van der Waals surface area contributed by atoms with Crippen molar-refractivity contribution < 1.29 is 17.9 Å². The summed E-state index contributed by atoms with van der Waals surface area (Å²) in [5, 5.41) is 7.96. The average Bonchev–Trinajstić information content (AvgIpc) is 2.30. The average molecular weight is 261 g/mol. The summed E-state index contributed by atoms with van der Waals surface area (Å²) in [5.41, 5.74) is 5.83. The van der Waals surface area contributed by atoms with Crippen LogP contribution in [0.25, 0.3) is 0 Å². The topological polar surface area (TPSA) is 80.4 Å². The predicted octanol–water partition coefficient (Wildman–Crippen LogP) is 0.621. The highest BCUT2D eigenvalue weighted by molar-refractivity contribution is 7.92. The first-order chi connectivity index (χ1) is 7.94. The molecule has 0 spiro atoms. The number of halogens is 1. The summed E-state index contributed by atoms with van der Waals surface area (Å²) >= 11 is 0. The molecule has 3 N–H and O–H groups in total. The van der Waals surface area contributed by atoms with Gasteiger partial charge in [-0.2, -0.15) is 0 Å². The molecule has 0 aliphatic rings. The Balaban J connectivity index is 3.11. The van der Waals surface area contributed by atoms with Crippen LogP contribution in [0.4, 0.5) is 4.39 Å². The summed E-state index contributed by atoms with van der Waals surface area (Å²) in [4.78, 5) is 0. The van der Waals surface area contributed by atoms with Crippen molar-refractivity contribution in [1.29, 1.82) is 0 Å². The fourth-order valence-corrected chi connectivity index (χ4v) is 2.86. The van der Waals surface area contributed by atoms with Crippen molar-refractivity contribution in [3.05, 3.63) is 35.6 Å². The molecule has 1 aromatic rings. The fraction of sp³-hybridized carbons (Fsp3) is 0.455. The zero-order valence-electron chi connectivity index (χ0n) is 9.51. The number of nitrogens with two attached hydrogens (primary N) is 1. The van der Waals surface area contributed by atoms with Crippen molar-refractivity contribution in [3.8, 4) is 0 Å². The Labute approximate surface area is 100 Å². The van der Waals surface area contributed by atoms with Crippen molar-refractivity contribution in [1.82, 2.24) is 0 Å². The van der Waals surface area contributed by atoms with Crippen LogP contribution in [0, 0.1) is 5.82 Å². The van der Waals surface area contributed by atoms with E-state index in [0.717, 1.165) is 0 Å². The van der Waals surface area contributed by atoms with Gasteiger partial charge in [0, 0.05) is 11.3 Å². The fourth-order valence-electron chi connectivity index (χ4n) is 1.61. The van der Waals surface area contributed by atoms with Crippen LogP contribution in [0.3, 0.4) is 0 Å². The van der Waals surface area contributed by atoms with Gasteiger partial charge in [0.1, 0.15) is 11.1 Å². The number of hydrogen-bond donors (Lipinski definition) is 2. The lowest BCUT2D eigenvalue weighted by Gasteiger charge is -2.22. The van der Waals surface area contributed by atoms with E-state index in [1.807, 2.05) is 0 Å². The van der Waals surface area contributed by atoms with E-state index in [-0.39, 0.29) is 11.3 Å². The zero-order chi connectivity index (χ0) is 13.1. The van der Waals surface area contributed by atoms with Gasteiger partial charge in [0.2, 0.25) is 0 Å². The summed E-state index contributed by atoms with van der Waals surface area (Å²) in [6.07, 6.45) is 0. The third kappa shape index (κ3) is 3.02. The number of aliphatic hydroxyl groups excluding tert-OH is 1. The molecule has 6 heteroatoms. The third-order valence-electron chi connectivity index (χ3n) is 2.71. The Hall–Kier alpha value is -0.980. The monoisotopic (exact) mass is 261 g/mol. The molecule has 0 aromatic heterocycles. The van der Waals surface area contributed by atoms with Gasteiger partial charge in [-0.3, -0.25) is 0 Å². The largest absolute Gasteiger partial charge is 0.395 e. The molecule has 96 valence electrons. The Morgan fingerprint density at radius 1 is 1.41 bits per heavy atom. The lowest BCUT2D eigenvalue weighted by atomic mass is 10.0. The van der Waals surface area contributed by atoms with Crippen LogP contribution < -0.4 is 5.73 Å². The number of rotatable bonds is 5. The summed E-state index contributed by atoms with van der Waals surface area (Å²) < 4.78 is 36.9. The number of hydrogen-bond acceptors (Lipinski definition) is 4. The Kier molecular flexibility index (Phi) is 4.62. The van der Waals surface area contributed by atoms with Crippen LogP contribution in [0.2, 0.25) is 0 Å². The SMILES string of the molecule is CCS(=O)(=O)[C@H](CO)[C@@H](N)c1ccccc1F. The molecule has 0 aliphatic carbocycles. The zero-order valence-corrected chi connectivity index (χ0v) is 10.3. The molecule has 4 nitrogen and oxygen atoms in total. The smallest absolute Gasteiger partial charge is 0.157 e. The summed E-state index contributed by atoms with van der Waals surface area (Å²) in [5.74, 6) is -0.704. The highest BCUT2D eigenvalue weighted by Gasteiger charge is 2.31. The van der Waals surface area contributed by atoms with E-state index >= 15 is 0 Å². The highest BCUT2D eigenvalue weighted by atomic mass is 32.2. The van der Waals surface area contributed by atoms with Gasteiger partial charge in [-0.05, 0) is 6.07 Å². The number of benzene rings is 1. The van der Waals surface area contributed by atoms with Crippen molar-refractivity contribution in [2.24, 2.45) is 5.73 Å². The second-order valence-corrected chi connectivity index (χ2v) is 6.23. The van der Waals surface area contributed by atoms with E-state index in [4.69, 9.17) is 10.8 Å². The number of sulfone groups is 1. The summed E-state index contributed by atoms with van der Waals surface area (Å²) in [6, 6.07) is 4.64. The van der Waals surface area contributed by atoms with E-state index in [2.05, 4.69) is 0 Å². The molecule has 1 rings (SSSR count). The quantitative estimate of drug-likeness (QED) is 0.814. The molecule has 1 aromatic carbocycles. The molecule has 0 fully saturated rings. The van der Waals surface area contributed by atoms with Gasteiger partial charge in [0.15, 0.2) is 9.84 Å². The molecule has 0 amide bonds. The van der Waals surface area contributed by atoms with Crippen LogP contribution in [0.5, 0.6) is 0 Å². The normalized spacial score (nSPS) is 15.5. The highest BCUT2D eigenvalue weighted by Crippen LogP contribution is 2.22. The van der Waals surface area contributed by atoms with Gasteiger partial charge in [0.05, 0.1) is 12.6 Å². The minimum Gasteiger partial charge on any atom is -0.395 e. The van der Waals surface area contributed by atoms with E-state index in [0.29, 0.717) is 0 Å².